The van der Waals surface area contributed by atoms with Crippen LogP contribution in [0, 0.1) is 5.92 Å². The van der Waals surface area contributed by atoms with Gasteiger partial charge in [-0.3, -0.25) is 4.90 Å². The molecule has 0 aromatic rings. The van der Waals surface area contributed by atoms with Crippen molar-refractivity contribution in [1.29, 1.82) is 0 Å². The zero-order valence-electron chi connectivity index (χ0n) is 10.2. The van der Waals surface area contributed by atoms with E-state index in [0.29, 0.717) is 12.1 Å². The van der Waals surface area contributed by atoms with E-state index in [2.05, 4.69) is 41.6 Å². The molecule has 0 bridgehead atoms. The molecule has 2 nitrogen and oxygen atoms in total. The molecule has 0 spiro atoms. The molecule has 1 fully saturated rings. The van der Waals surface area contributed by atoms with Gasteiger partial charge in [-0.05, 0) is 26.2 Å². The van der Waals surface area contributed by atoms with Crippen LogP contribution in [-0.4, -0.2) is 42.1 Å². The zero-order valence-corrected chi connectivity index (χ0v) is 11.8. The number of hydrogen-bond donors (Lipinski definition) is 0. The lowest BCUT2D eigenvalue weighted by atomic mass is 10.0. The second-order valence-electron chi connectivity index (χ2n) is 4.76. The molecule has 3 unspecified atom stereocenters. The Morgan fingerprint density at radius 1 is 1.47 bits per heavy atom. The zero-order chi connectivity index (χ0) is 11.3. The summed E-state index contributed by atoms with van der Waals surface area (Å²) in [6, 6.07) is 0.583. The molecule has 0 aromatic heterocycles. The summed E-state index contributed by atoms with van der Waals surface area (Å²) in [7, 11) is 0. The van der Waals surface area contributed by atoms with Gasteiger partial charge in [0, 0.05) is 24.5 Å². The maximum absolute atomic E-state index is 5.64. The molecule has 3 atom stereocenters. The van der Waals surface area contributed by atoms with Crippen LogP contribution in [0.1, 0.15) is 33.6 Å². The third-order valence-corrected chi connectivity index (χ3v) is 4.06. The van der Waals surface area contributed by atoms with Crippen LogP contribution < -0.4 is 0 Å². The highest BCUT2D eigenvalue weighted by atomic mass is 79.9. The Hall–Kier alpha value is 0.400. The predicted molar refractivity (Wildman–Crippen MR) is 68.6 cm³/mol. The van der Waals surface area contributed by atoms with Gasteiger partial charge in [0.2, 0.25) is 0 Å². The fraction of sp³-hybridized carbons (Fsp3) is 1.00. The average Bonchev–Trinajstić information content (AvgIpc) is 2.22. The lowest BCUT2D eigenvalue weighted by Gasteiger charge is -2.38. The van der Waals surface area contributed by atoms with Crippen molar-refractivity contribution < 1.29 is 4.74 Å². The molecule has 1 aliphatic heterocycles. The summed E-state index contributed by atoms with van der Waals surface area (Å²) in [6.07, 6.45) is 3.01. The van der Waals surface area contributed by atoms with E-state index in [1.807, 2.05) is 0 Å². The average molecular weight is 278 g/mol. The van der Waals surface area contributed by atoms with Crippen molar-refractivity contribution in [2.24, 2.45) is 5.92 Å². The number of alkyl halides is 1. The summed E-state index contributed by atoms with van der Waals surface area (Å²) in [6.45, 7) is 9.90. The maximum Gasteiger partial charge on any atom is 0.0674 e. The van der Waals surface area contributed by atoms with E-state index < -0.39 is 0 Å². The van der Waals surface area contributed by atoms with Crippen molar-refractivity contribution in [2.45, 2.75) is 45.8 Å². The van der Waals surface area contributed by atoms with Gasteiger partial charge in [0.1, 0.15) is 0 Å². The Kier molecular flexibility index (Phi) is 6.17. The fourth-order valence-electron chi connectivity index (χ4n) is 2.18. The Morgan fingerprint density at radius 3 is 2.80 bits per heavy atom. The summed E-state index contributed by atoms with van der Waals surface area (Å²) in [5.41, 5.74) is 0. The van der Waals surface area contributed by atoms with E-state index >= 15 is 0 Å². The highest BCUT2D eigenvalue weighted by molar-refractivity contribution is 9.09. The van der Waals surface area contributed by atoms with Gasteiger partial charge in [-0.25, -0.2) is 0 Å². The topological polar surface area (TPSA) is 12.5 Å². The van der Waals surface area contributed by atoms with Crippen LogP contribution in [-0.2, 0) is 4.74 Å². The Balaban J connectivity index is 2.39. The van der Waals surface area contributed by atoms with Crippen molar-refractivity contribution in [3.05, 3.63) is 0 Å². The number of halogens is 1. The van der Waals surface area contributed by atoms with E-state index in [1.54, 1.807) is 0 Å². The van der Waals surface area contributed by atoms with Crippen LogP contribution in [0.25, 0.3) is 0 Å². The van der Waals surface area contributed by atoms with Crippen LogP contribution in [0.15, 0.2) is 0 Å². The van der Waals surface area contributed by atoms with Crippen LogP contribution in [0.3, 0.4) is 0 Å². The van der Waals surface area contributed by atoms with Gasteiger partial charge in [-0.2, -0.15) is 0 Å². The summed E-state index contributed by atoms with van der Waals surface area (Å²) in [4.78, 5) is 2.58. The lowest BCUT2D eigenvalue weighted by molar-refractivity contribution is -0.0535. The number of nitrogens with zero attached hydrogens (tertiary/aromatic N) is 1. The van der Waals surface area contributed by atoms with Crippen molar-refractivity contribution in [3.63, 3.8) is 0 Å². The van der Waals surface area contributed by atoms with Gasteiger partial charge >= 0.3 is 0 Å². The fourth-order valence-corrected chi connectivity index (χ4v) is 2.71. The standard InChI is InChI=1S/C12H24BrNO/c1-4-5-12(6-13)8-14-7-11(3)15-9-10(14)2/h10-12H,4-9H2,1-3H3. The van der Waals surface area contributed by atoms with E-state index in [4.69, 9.17) is 4.74 Å². The Bertz CT molecular complexity index is 177. The number of morpholine rings is 1. The largest absolute Gasteiger partial charge is 0.376 e. The summed E-state index contributed by atoms with van der Waals surface area (Å²) < 4.78 is 5.64. The normalized spacial score (nSPS) is 30.4. The van der Waals surface area contributed by atoms with Crippen LogP contribution >= 0.6 is 15.9 Å². The van der Waals surface area contributed by atoms with Gasteiger partial charge < -0.3 is 4.74 Å². The first-order valence-corrected chi connectivity index (χ1v) is 7.21. The second kappa shape index (κ2) is 6.87. The highest BCUT2D eigenvalue weighted by Crippen LogP contribution is 2.17. The molecule has 0 aliphatic carbocycles. The molecule has 1 saturated heterocycles. The van der Waals surface area contributed by atoms with Gasteiger partial charge in [0.05, 0.1) is 12.7 Å². The van der Waals surface area contributed by atoms with Crippen LogP contribution in [0.4, 0.5) is 0 Å². The quantitative estimate of drug-likeness (QED) is 0.717. The maximum atomic E-state index is 5.64. The van der Waals surface area contributed by atoms with Gasteiger partial charge in [0.15, 0.2) is 0 Å². The van der Waals surface area contributed by atoms with Crippen LogP contribution in [0.5, 0.6) is 0 Å². The number of hydrogen-bond acceptors (Lipinski definition) is 2. The molecule has 1 rings (SSSR count). The first-order chi connectivity index (χ1) is 7.17. The summed E-state index contributed by atoms with van der Waals surface area (Å²) >= 11 is 3.62. The molecule has 0 aromatic carbocycles. The van der Waals surface area contributed by atoms with Crippen molar-refractivity contribution >= 4 is 15.9 Å². The monoisotopic (exact) mass is 277 g/mol. The molecule has 1 heterocycles. The van der Waals surface area contributed by atoms with E-state index in [1.165, 1.54) is 19.4 Å². The summed E-state index contributed by atoms with van der Waals surface area (Å²) in [5.74, 6) is 0.794. The Morgan fingerprint density at radius 2 is 2.20 bits per heavy atom. The Labute approximate surface area is 102 Å². The highest BCUT2D eigenvalue weighted by Gasteiger charge is 2.24. The smallest absolute Gasteiger partial charge is 0.0674 e. The number of rotatable bonds is 5. The number of ether oxygens (including phenoxy) is 1. The van der Waals surface area contributed by atoms with Crippen molar-refractivity contribution in [2.75, 3.05) is 25.0 Å². The first kappa shape index (κ1) is 13.5. The van der Waals surface area contributed by atoms with Crippen molar-refractivity contribution in [3.8, 4) is 0 Å². The van der Waals surface area contributed by atoms with Crippen molar-refractivity contribution in [1.82, 2.24) is 4.90 Å². The molecule has 15 heavy (non-hydrogen) atoms. The molecule has 90 valence electrons. The second-order valence-corrected chi connectivity index (χ2v) is 5.40. The van der Waals surface area contributed by atoms with E-state index in [0.717, 1.165) is 24.4 Å². The van der Waals surface area contributed by atoms with Gasteiger partial charge in [-0.15, -0.1) is 0 Å². The molecule has 3 heteroatoms. The molecule has 0 N–H and O–H groups in total. The van der Waals surface area contributed by atoms with Gasteiger partial charge in [-0.1, -0.05) is 29.3 Å². The molecule has 0 radical (unpaired) electrons. The van der Waals surface area contributed by atoms with Crippen LogP contribution in [0.2, 0.25) is 0 Å². The third-order valence-electron chi connectivity index (χ3n) is 3.14. The SMILES string of the molecule is CCCC(CBr)CN1CC(C)OCC1C. The molecule has 0 amide bonds. The first-order valence-electron chi connectivity index (χ1n) is 6.09. The third kappa shape index (κ3) is 4.41. The molecule has 1 aliphatic rings. The minimum atomic E-state index is 0.402. The predicted octanol–water partition coefficient (Wildman–Crippen LogP) is 2.91. The lowest BCUT2D eigenvalue weighted by Crippen LogP contribution is -2.49. The molecular weight excluding hydrogens is 254 g/mol. The van der Waals surface area contributed by atoms with Gasteiger partial charge in [0.25, 0.3) is 0 Å². The molecular formula is C12H24BrNO. The molecule has 0 saturated carbocycles. The van der Waals surface area contributed by atoms with E-state index in [-0.39, 0.29) is 0 Å². The minimum absolute atomic E-state index is 0.402. The van der Waals surface area contributed by atoms with E-state index in [9.17, 15) is 0 Å². The summed E-state index contributed by atoms with van der Waals surface area (Å²) in [5, 5.41) is 1.12. The minimum Gasteiger partial charge on any atom is -0.376 e.